The molecule has 0 spiro atoms. The Hall–Kier alpha value is -0.400. The standard InChI is InChI=1S/C10H18BrN3O2S/c1-4-9(6-11)13-17(15,16)10-7-14(5-2)8(3)12-10/h7,9,13H,4-6H2,1-3H3. The summed E-state index contributed by atoms with van der Waals surface area (Å²) >= 11 is 3.28. The number of hydrogen-bond acceptors (Lipinski definition) is 3. The third-order valence-corrected chi connectivity index (χ3v) is 4.74. The van der Waals surface area contributed by atoms with E-state index in [4.69, 9.17) is 0 Å². The van der Waals surface area contributed by atoms with Crippen LogP contribution in [0, 0.1) is 6.92 Å². The Morgan fingerprint density at radius 2 is 2.18 bits per heavy atom. The van der Waals surface area contributed by atoms with Crippen molar-refractivity contribution in [3.05, 3.63) is 12.0 Å². The number of rotatable bonds is 6. The molecule has 0 amide bonds. The lowest BCUT2D eigenvalue weighted by Crippen LogP contribution is -2.35. The molecular weight excluding hydrogens is 306 g/mol. The highest BCUT2D eigenvalue weighted by atomic mass is 79.9. The quantitative estimate of drug-likeness (QED) is 0.810. The van der Waals surface area contributed by atoms with Gasteiger partial charge in [0.2, 0.25) is 0 Å². The molecule has 0 saturated heterocycles. The summed E-state index contributed by atoms with van der Waals surface area (Å²) in [5.41, 5.74) is 0. The normalized spacial score (nSPS) is 13.9. The third kappa shape index (κ3) is 3.53. The number of aryl methyl sites for hydroxylation is 2. The largest absolute Gasteiger partial charge is 0.334 e. The minimum Gasteiger partial charge on any atom is -0.334 e. The van der Waals surface area contributed by atoms with Gasteiger partial charge in [-0.1, -0.05) is 22.9 Å². The molecule has 0 fully saturated rings. The molecule has 1 N–H and O–H groups in total. The van der Waals surface area contributed by atoms with Gasteiger partial charge in [-0.3, -0.25) is 0 Å². The molecule has 98 valence electrons. The highest BCUT2D eigenvalue weighted by molar-refractivity contribution is 9.09. The summed E-state index contributed by atoms with van der Waals surface area (Å²) in [4.78, 5) is 4.07. The molecule has 0 aliphatic heterocycles. The number of aromatic nitrogens is 2. The van der Waals surface area contributed by atoms with Gasteiger partial charge in [0.25, 0.3) is 10.0 Å². The fraction of sp³-hybridized carbons (Fsp3) is 0.700. The predicted molar refractivity (Wildman–Crippen MR) is 70.8 cm³/mol. The molecule has 1 aromatic heterocycles. The van der Waals surface area contributed by atoms with Gasteiger partial charge in [0.1, 0.15) is 5.82 Å². The monoisotopic (exact) mass is 323 g/mol. The number of imidazole rings is 1. The first-order valence-corrected chi connectivity index (χ1v) is 8.17. The zero-order valence-electron chi connectivity index (χ0n) is 10.3. The van der Waals surface area contributed by atoms with E-state index in [1.165, 1.54) is 0 Å². The average molecular weight is 324 g/mol. The molecule has 1 aromatic rings. The van der Waals surface area contributed by atoms with Crippen molar-refractivity contribution in [2.45, 2.75) is 44.8 Å². The first-order chi connectivity index (χ1) is 7.94. The number of hydrogen-bond donors (Lipinski definition) is 1. The maximum Gasteiger partial charge on any atom is 0.259 e. The van der Waals surface area contributed by atoms with Crippen molar-refractivity contribution in [1.29, 1.82) is 0 Å². The van der Waals surface area contributed by atoms with E-state index in [-0.39, 0.29) is 11.1 Å². The Morgan fingerprint density at radius 1 is 1.53 bits per heavy atom. The second-order valence-corrected chi connectivity index (χ2v) is 6.10. The minimum absolute atomic E-state index is 0.0938. The average Bonchev–Trinajstić information content (AvgIpc) is 2.68. The third-order valence-electron chi connectivity index (χ3n) is 2.57. The van der Waals surface area contributed by atoms with E-state index < -0.39 is 10.0 Å². The molecular formula is C10H18BrN3O2S. The van der Waals surface area contributed by atoms with Gasteiger partial charge in [0.05, 0.1) is 0 Å². The van der Waals surface area contributed by atoms with Gasteiger partial charge in [0.15, 0.2) is 5.03 Å². The molecule has 5 nitrogen and oxygen atoms in total. The number of sulfonamides is 1. The maximum absolute atomic E-state index is 12.0. The second-order valence-electron chi connectivity index (χ2n) is 3.79. The Kier molecular flexibility index (Phi) is 5.15. The zero-order chi connectivity index (χ0) is 13.1. The van der Waals surface area contributed by atoms with Gasteiger partial charge >= 0.3 is 0 Å². The molecule has 0 aliphatic rings. The maximum atomic E-state index is 12.0. The fourth-order valence-corrected chi connectivity index (χ4v) is 3.59. The van der Waals surface area contributed by atoms with Gasteiger partial charge in [-0.2, -0.15) is 0 Å². The van der Waals surface area contributed by atoms with Crippen LogP contribution in [0.5, 0.6) is 0 Å². The molecule has 0 bridgehead atoms. The Bertz CT molecular complexity index is 466. The molecule has 1 unspecified atom stereocenters. The van der Waals surface area contributed by atoms with Crippen molar-refractivity contribution < 1.29 is 8.42 Å². The minimum atomic E-state index is -3.51. The van der Waals surface area contributed by atoms with Gasteiger partial charge in [0, 0.05) is 24.1 Å². The highest BCUT2D eigenvalue weighted by Gasteiger charge is 2.21. The lowest BCUT2D eigenvalue weighted by Gasteiger charge is -2.12. The van der Waals surface area contributed by atoms with E-state index in [2.05, 4.69) is 25.6 Å². The summed E-state index contributed by atoms with van der Waals surface area (Å²) in [6.07, 6.45) is 2.30. The zero-order valence-corrected chi connectivity index (χ0v) is 12.7. The predicted octanol–water partition coefficient (Wildman–Crippen LogP) is 1.66. The van der Waals surface area contributed by atoms with E-state index in [9.17, 15) is 8.42 Å². The SMILES string of the molecule is CCC(CBr)NS(=O)(=O)c1cn(CC)c(C)n1. The van der Waals surface area contributed by atoms with E-state index >= 15 is 0 Å². The molecule has 1 atom stereocenters. The Balaban J connectivity index is 2.96. The summed E-state index contributed by atoms with van der Waals surface area (Å²) in [5, 5.41) is 0.687. The van der Waals surface area contributed by atoms with Crippen LogP contribution in [-0.4, -0.2) is 29.3 Å². The van der Waals surface area contributed by atoms with E-state index in [1.807, 2.05) is 18.4 Å². The number of nitrogens with one attached hydrogen (secondary N) is 1. The summed E-state index contributed by atoms with van der Waals surface area (Å²) in [5.74, 6) is 0.708. The molecule has 17 heavy (non-hydrogen) atoms. The number of halogens is 1. The van der Waals surface area contributed by atoms with Crippen molar-refractivity contribution in [3.63, 3.8) is 0 Å². The smallest absolute Gasteiger partial charge is 0.259 e. The Labute approximate surface area is 111 Å². The van der Waals surface area contributed by atoms with E-state index in [1.54, 1.807) is 13.1 Å². The van der Waals surface area contributed by atoms with Gasteiger partial charge in [-0.15, -0.1) is 0 Å². The van der Waals surface area contributed by atoms with Crippen LogP contribution in [0.3, 0.4) is 0 Å². The van der Waals surface area contributed by atoms with Crippen LogP contribution < -0.4 is 4.72 Å². The van der Waals surface area contributed by atoms with Gasteiger partial charge < -0.3 is 4.57 Å². The van der Waals surface area contributed by atoms with Crippen molar-refractivity contribution in [2.24, 2.45) is 0 Å². The fourth-order valence-electron chi connectivity index (χ4n) is 1.43. The van der Waals surface area contributed by atoms with Crippen LogP contribution in [0.4, 0.5) is 0 Å². The summed E-state index contributed by atoms with van der Waals surface area (Å²) in [6, 6.07) is -0.105. The summed E-state index contributed by atoms with van der Waals surface area (Å²) in [7, 11) is -3.51. The van der Waals surface area contributed by atoms with Crippen molar-refractivity contribution in [1.82, 2.24) is 14.3 Å². The topological polar surface area (TPSA) is 64.0 Å². The van der Waals surface area contributed by atoms with Crippen LogP contribution in [0.15, 0.2) is 11.2 Å². The van der Waals surface area contributed by atoms with E-state index in [0.717, 1.165) is 6.42 Å². The first-order valence-electron chi connectivity index (χ1n) is 5.56. The van der Waals surface area contributed by atoms with Crippen molar-refractivity contribution in [2.75, 3.05) is 5.33 Å². The first kappa shape index (κ1) is 14.7. The molecule has 0 aliphatic carbocycles. The number of alkyl halides is 1. The molecule has 0 radical (unpaired) electrons. The lowest BCUT2D eigenvalue weighted by atomic mass is 10.3. The lowest BCUT2D eigenvalue weighted by molar-refractivity contribution is 0.555. The number of nitrogens with zero attached hydrogens (tertiary/aromatic N) is 2. The molecule has 7 heteroatoms. The molecule has 1 rings (SSSR count). The second kappa shape index (κ2) is 5.97. The van der Waals surface area contributed by atoms with Gasteiger partial charge in [-0.05, 0) is 20.3 Å². The molecule has 0 aromatic carbocycles. The Morgan fingerprint density at radius 3 is 2.59 bits per heavy atom. The van der Waals surface area contributed by atoms with Crippen LogP contribution in [0.2, 0.25) is 0 Å². The highest BCUT2D eigenvalue weighted by Crippen LogP contribution is 2.10. The van der Waals surface area contributed by atoms with Gasteiger partial charge in [-0.25, -0.2) is 18.1 Å². The summed E-state index contributed by atoms with van der Waals surface area (Å²) in [6.45, 7) is 6.39. The molecule has 0 saturated carbocycles. The van der Waals surface area contributed by atoms with E-state index in [0.29, 0.717) is 17.7 Å². The van der Waals surface area contributed by atoms with Crippen molar-refractivity contribution >= 4 is 26.0 Å². The van der Waals surface area contributed by atoms with Crippen LogP contribution >= 0.6 is 15.9 Å². The van der Waals surface area contributed by atoms with Crippen LogP contribution in [0.25, 0.3) is 0 Å². The van der Waals surface area contributed by atoms with Crippen LogP contribution in [0.1, 0.15) is 26.1 Å². The van der Waals surface area contributed by atoms with Crippen molar-refractivity contribution in [3.8, 4) is 0 Å². The summed E-state index contributed by atoms with van der Waals surface area (Å²) < 4.78 is 28.5. The molecule has 1 heterocycles. The van der Waals surface area contributed by atoms with Crippen LogP contribution in [-0.2, 0) is 16.6 Å².